The lowest BCUT2D eigenvalue weighted by Gasteiger charge is -2.21. The Balaban J connectivity index is 1.95. The second kappa shape index (κ2) is 8.53. The molecule has 2 aromatic heterocycles. The summed E-state index contributed by atoms with van der Waals surface area (Å²) < 4.78 is 6.79. The fourth-order valence-electron chi connectivity index (χ4n) is 3.35. The normalized spacial score (nSPS) is 11.7. The lowest BCUT2D eigenvalue weighted by molar-refractivity contribution is 0.414. The number of methoxy groups -OCH3 is 1. The number of hydrogen-bond donors (Lipinski definition) is 2. The summed E-state index contributed by atoms with van der Waals surface area (Å²) in [6.07, 6.45) is 1.33. The highest BCUT2D eigenvalue weighted by Crippen LogP contribution is 2.26. The number of nitrogens with zero attached hydrogens (tertiary/aromatic N) is 5. The maximum atomic E-state index is 13.6. The van der Waals surface area contributed by atoms with Crippen molar-refractivity contribution in [2.24, 2.45) is 0 Å². The van der Waals surface area contributed by atoms with Crippen LogP contribution in [0.2, 0.25) is 5.02 Å². The molecule has 4 aromatic rings. The third-order valence-electron chi connectivity index (χ3n) is 4.85. The van der Waals surface area contributed by atoms with Crippen molar-refractivity contribution in [2.45, 2.75) is 13.0 Å². The molecule has 0 unspecified atom stereocenters. The summed E-state index contributed by atoms with van der Waals surface area (Å²) in [6.45, 7) is 1.80. The summed E-state index contributed by atoms with van der Waals surface area (Å²) in [5.74, 6) is 1.22. The Morgan fingerprint density at radius 1 is 1.25 bits per heavy atom. The van der Waals surface area contributed by atoms with Gasteiger partial charge in [-0.3, -0.25) is 9.36 Å². The number of ether oxygens (including phenoxy) is 1. The molecule has 0 saturated heterocycles. The average molecular weight is 448 g/mol. The van der Waals surface area contributed by atoms with Crippen molar-refractivity contribution < 1.29 is 4.74 Å². The smallest absolute Gasteiger partial charge is 0.267 e. The van der Waals surface area contributed by atoms with Crippen LogP contribution in [-0.2, 0) is 0 Å². The number of nitrogens with one attached hydrogen (secondary N) is 1. The minimum atomic E-state index is -0.543. The summed E-state index contributed by atoms with van der Waals surface area (Å²) >= 11 is 6.34. The first-order chi connectivity index (χ1) is 15.4. The maximum absolute atomic E-state index is 13.6. The van der Waals surface area contributed by atoms with Gasteiger partial charge < -0.3 is 15.8 Å². The zero-order valence-corrected chi connectivity index (χ0v) is 18.0. The van der Waals surface area contributed by atoms with Gasteiger partial charge in [0.25, 0.3) is 5.56 Å². The Kier molecular flexibility index (Phi) is 5.62. The van der Waals surface area contributed by atoms with E-state index in [1.807, 2.05) is 6.07 Å². The standard InChI is InChI=1S/C22H18ClN7O2/c1-12(27-19-13(10-24)11-26-22(25)29-19)20-28-17-8-4-7-16(23)18(17)21(31)30(20)14-5-3-6-15(9-14)32-2/h3-9,11-12H,1-2H3,(H3,25,26,27,29)/t12-/m0/s1. The van der Waals surface area contributed by atoms with E-state index in [4.69, 9.17) is 27.1 Å². The topological polar surface area (TPSA) is 132 Å². The maximum Gasteiger partial charge on any atom is 0.267 e. The number of aromatic nitrogens is 4. The molecule has 4 rings (SSSR count). The highest BCUT2D eigenvalue weighted by atomic mass is 35.5. The highest BCUT2D eigenvalue weighted by Gasteiger charge is 2.21. The van der Waals surface area contributed by atoms with E-state index in [0.717, 1.165) is 0 Å². The van der Waals surface area contributed by atoms with E-state index >= 15 is 0 Å². The van der Waals surface area contributed by atoms with Crippen LogP contribution in [0.15, 0.2) is 53.5 Å². The first-order valence-electron chi connectivity index (χ1n) is 9.57. The van der Waals surface area contributed by atoms with E-state index < -0.39 is 6.04 Å². The van der Waals surface area contributed by atoms with Gasteiger partial charge in [-0.2, -0.15) is 10.2 Å². The molecule has 0 saturated carbocycles. The number of fused-ring (bicyclic) bond motifs is 1. The van der Waals surface area contributed by atoms with Gasteiger partial charge >= 0.3 is 0 Å². The molecule has 160 valence electrons. The number of nitrogen functional groups attached to an aromatic ring is 1. The Bertz CT molecular complexity index is 1430. The quantitative estimate of drug-likeness (QED) is 0.475. The molecule has 0 bridgehead atoms. The van der Waals surface area contributed by atoms with Crippen molar-refractivity contribution in [1.29, 1.82) is 5.26 Å². The van der Waals surface area contributed by atoms with E-state index in [9.17, 15) is 10.1 Å². The molecular formula is C22H18ClN7O2. The second-order valence-corrected chi connectivity index (χ2v) is 7.32. The van der Waals surface area contributed by atoms with Crippen LogP contribution in [0, 0.1) is 11.3 Å². The van der Waals surface area contributed by atoms with Gasteiger partial charge in [-0.25, -0.2) is 9.97 Å². The molecule has 0 aliphatic carbocycles. The molecule has 3 N–H and O–H groups in total. The molecule has 9 nitrogen and oxygen atoms in total. The zero-order chi connectivity index (χ0) is 22.8. The molecule has 0 fully saturated rings. The number of hydrogen-bond acceptors (Lipinski definition) is 8. The SMILES string of the molecule is COc1cccc(-n2c([C@H](C)Nc3nc(N)ncc3C#N)nc3cccc(Cl)c3c2=O)c1. The molecular weight excluding hydrogens is 430 g/mol. The summed E-state index contributed by atoms with van der Waals surface area (Å²) in [7, 11) is 1.55. The van der Waals surface area contributed by atoms with Crippen molar-refractivity contribution in [2.75, 3.05) is 18.2 Å². The molecule has 0 spiro atoms. The van der Waals surface area contributed by atoms with Gasteiger partial charge in [0.15, 0.2) is 0 Å². The van der Waals surface area contributed by atoms with Gasteiger partial charge in [0, 0.05) is 6.07 Å². The number of anilines is 2. The fourth-order valence-corrected chi connectivity index (χ4v) is 3.60. The first kappa shape index (κ1) is 21.1. The lowest BCUT2D eigenvalue weighted by atomic mass is 10.2. The Morgan fingerprint density at radius 2 is 2.03 bits per heavy atom. The Hall–Kier alpha value is -4.16. The van der Waals surface area contributed by atoms with Gasteiger partial charge in [0.2, 0.25) is 5.95 Å². The molecule has 1 atom stereocenters. The summed E-state index contributed by atoms with van der Waals surface area (Å²) in [4.78, 5) is 26.3. The van der Waals surface area contributed by atoms with E-state index in [-0.39, 0.29) is 22.9 Å². The predicted octanol–water partition coefficient (Wildman–Crippen LogP) is 3.46. The van der Waals surface area contributed by atoms with Crippen molar-refractivity contribution in [3.63, 3.8) is 0 Å². The van der Waals surface area contributed by atoms with Crippen molar-refractivity contribution in [3.8, 4) is 17.5 Å². The van der Waals surface area contributed by atoms with E-state index in [1.165, 1.54) is 10.8 Å². The third-order valence-corrected chi connectivity index (χ3v) is 5.17. The van der Waals surface area contributed by atoms with E-state index in [2.05, 4.69) is 15.3 Å². The number of halogens is 1. The summed E-state index contributed by atoms with van der Waals surface area (Å²) in [6, 6.07) is 13.6. The largest absolute Gasteiger partial charge is 0.497 e. The van der Waals surface area contributed by atoms with Crippen LogP contribution in [0.5, 0.6) is 5.75 Å². The minimum absolute atomic E-state index is 0.0159. The molecule has 2 aromatic carbocycles. The van der Waals surface area contributed by atoms with Crippen LogP contribution in [0.25, 0.3) is 16.6 Å². The van der Waals surface area contributed by atoms with Gasteiger partial charge in [-0.15, -0.1) is 0 Å². The van der Waals surface area contributed by atoms with Crippen molar-refractivity contribution >= 4 is 34.3 Å². The molecule has 2 heterocycles. The first-order valence-corrected chi connectivity index (χ1v) is 9.95. The Labute approximate surface area is 188 Å². The monoisotopic (exact) mass is 447 g/mol. The van der Waals surface area contributed by atoms with Crippen LogP contribution < -0.4 is 21.3 Å². The lowest BCUT2D eigenvalue weighted by Crippen LogP contribution is -2.27. The average Bonchev–Trinajstić information content (AvgIpc) is 2.79. The van der Waals surface area contributed by atoms with Gasteiger partial charge in [-0.1, -0.05) is 23.7 Å². The van der Waals surface area contributed by atoms with Crippen LogP contribution >= 0.6 is 11.6 Å². The second-order valence-electron chi connectivity index (χ2n) is 6.91. The van der Waals surface area contributed by atoms with Gasteiger partial charge in [0.1, 0.15) is 29.0 Å². The van der Waals surface area contributed by atoms with Crippen molar-refractivity contribution in [1.82, 2.24) is 19.5 Å². The number of rotatable bonds is 5. The van der Waals surface area contributed by atoms with Crippen molar-refractivity contribution in [3.05, 3.63) is 75.4 Å². The van der Waals surface area contributed by atoms with Gasteiger partial charge in [-0.05, 0) is 31.2 Å². The van der Waals surface area contributed by atoms with Crippen LogP contribution in [-0.4, -0.2) is 26.6 Å². The zero-order valence-electron chi connectivity index (χ0n) is 17.2. The minimum Gasteiger partial charge on any atom is -0.497 e. The van der Waals surface area contributed by atoms with Crippen LogP contribution in [0.4, 0.5) is 11.8 Å². The fraction of sp³-hybridized carbons (Fsp3) is 0.136. The molecule has 0 radical (unpaired) electrons. The molecule has 0 amide bonds. The highest BCUT2D eigenvalue weighted by molar-refractivity contribution is 6.35. The predicted molar refractivity (Wildman–Crippen MR) is 122 cm³/mol. The molecule has 10 heteroatoms. The number of benzene rings is 2. The molecule has 32 heavy (non-hydrogen) atoms. The Morgan fingerprint density at radius 3 is 2.78 bits per heavy atom. The van der Waals surface area contributed by atoms with Gasteiger partial charge in [0.05, 0.1) is 41.0 Å². The summed E-state index contributed by atoms with van der Waals surface area (Å²) in [5.41, 5.74) is 6.58. The van der Waals surface area contributed by atoms with Crippen LogP contribution in [0.3, 0.4) is 0 Å². The number of nitrogens with two attached hydrogens (primary N) is 1. The number of nitriles is 1. The van der Waals surface area contributed by atoms with E-state index in [0.29, 0.717) is 33.2 Å². The van der Waals surface area contributed by atoms with Crippen LogP contribution in [0.1, 0.15) is 24.4 Å². The summed E-state index contributed by atoms with van der Waals surface area (Å²) in [5, 5.41) is 13.1. The molecule has 0 aliphatic rings. The van der Waals surface area contributed by atoms with E-state index in [1.54, 1.807) is 56.5 Å². The third kappa shape index (κ3) is 3.79. The molecule has 0 aliphatic heterocycles.